The molecular weight excluding hydrogens is 274 g/mol. The third-order valence-electron chi connectivity index (χ3n) is 3.61. The molecule has 0 rings (SSSR count). The van der Waals surface area contributed by atoms with Crippen LogP contribution in [0.3, 0.4) is 0 Å². The minimum Gasteiger partial charge on any atom is -0.396 e. The van der Waals surface area contributed by atoms with E-state index in [2.05, 4.69) is 25.9 Å². The summed E-state index contributed by atoms with van der Waals surface area (Å²) in [5.41, 5.74) is 0. The molecule has 22 heavy (non-hydrogen) atoms. The van der Waals surface area contributed by atoms with E-state index in [4.69, 9.17) is 9.84 Å². The van der Waals surface area contributed by atoms with Crippen molar-refractivity contribution >= 4 is 0 Å². The first-order chi connectivity index (χ1) is 10.7. The first kappa shape index (κ1) is 24.1. The SMILES string of the molecule is CCCCCCCCCCCCN(C)C.CCOCCCO. The molecule has 0 fully saturated rings. The summed E-state index contributed by atoms with van der Waals surface area (Å²) in [4.78, 5) is 2.28. The maximum atomic E-state index is 8.21. The van der Waals surface area contributed by atoms with E-state index < -0.39 is 0 Å². The number of nitrogens with zero attached hydrogens (tertiary/aromatic N) is 1. The minimum atomic E-state index is 0.236. The largest absolute Gasteiger partial charge is 0.396 e. The van der Waals surface area contributed by atoms with Gasteiger partial charge in [0.25, 0.3) is 0 Å². The van der Waals surface area contributed by atoms with Gasteiger partial charge in [0.05, 0.1) is 0 Å². The van der Waals surface area contributed by atoms with Crippen LogP contribution in [0.1, 0.15) is 84.5 Å². The molecule has 0 aliphatic heterocycles. The van der Waals surface area contributed by atoms with Crippen molar-refractivity contribution < 1.29 is 9.84 Å². The summed E-state index contributed by atoms with van der Waals surface area (Å²) >= 11 is 0. The van der Waals surface area contributed by atoms with E-state index in [1.807, 2.05) is 6.92 Å². The van der Waals surface area contributed by atoms with Gasteiger partial charge < -0.3 is 14.7 Å². The molecule has 0 aliphatic carbocycles. The molecule has 3 nitrogen and oxygen atoms in total. The molecule has 0 radical (unpaired) electrons. The fourth-order valence-electron chi connectivity index (χ4n) is 2.23. The molecule has 0 spiro atoms. The van der Waals surface area contributed by atoms with Gasteiger partial charge in [-0.25, -0.2) is 0 Å². The van der Waals surface area contributed by atoms with Gasteiger partial charge in [-0.05, 0) is 40.4 Å². The first-order valence-corrected chi connectivity index (χ1v) is 9.52. The topological polar surface area (TPSA) is 32.7 Å². The lowest BCUT2D eigenvalue weighted by Gasteiger charge is -2.08. The second-order valence-electron chi connectivity index (χ2n) is 6.26. The van der Waals surface area contributed by atoms with Crippen molar-refractivity contribution in [2.75, 3.05) is 40.5 Å². The second-order valence-corrected chi connectivity index (χ2v) is 6.26. The number of unbranched alkanes of at least 4 members (excludes halogenated alkanes) is 9. The summed E-state index contributed by atoms with van der Waals surface area (Å²) in [6.45, 7) is 7.16. The van der Waals surface area contributed by atoms with E-state index in [1.165, 1.54) is 70.8 Å². The van der Waals surface area contributed by atoms with Crippen LogP contribution in [-0.4, -0.2) is 50.5 Å². The minimum absolute atomic E-state index is 0.236. The molecule has 3 heteroatoms. The van der Waals surface area contributed by atoms with Crippen LogP contribution in [0.25, 0.3) is 0 Å². The van der Waals surface area contributed by atoms with E-state index in [1.54, 1.807) is 0 Å². The van der Waals surface area contributed by atoms with Gasteiger partial charge in [0.1, 0.15) is 0 Å². The van der Waals surface area contributed by atoms with Crippen LogP contribution < -0.4 is 0 Å². The van der Waals surface area contributed by atoms with Gasteiger partial charge in [0.2, 0.25) is 0 Å². The molecule has 0 saturated heterocycles. The van der Waals surface area contributed by atoms with Crippen molar-refractivity contribution in [2.45, 2.75) is 84.5 Å². The van der Waals surface area contributed by atoms with Crippen LogP contribution in [-0.2, 0) is 4.74 Å². The van der Waals surface area contributed by atoms with E-state index in [9.17, 15) is 0 Å². The van der Waals surface area contributed by atoms with Crippen LogP contribution in [0, 0.1) is 0 Å². The number of ether oxygens (including phenoxy) is 1. The molecule has 0 heterocycles. The number of aliphatic hydroxyl groups is 1. The highest BCUT2D eigenvalue weighted by Gasteiger charge is 1.93. The van der Waals surface area contributed by atoms with Crippen molar-refractivity contribution in [3.63, 3.8) is 0 Å². The lowest BCUT2D eigenvalue weighted by atomic mass is 10.1. The Morgan fingerprint density at radius 3 is 1.64 bits per heavy atom. The van der Waals surface area contributed by atoms with Crippen molar-refractivity contribution in [3.05, 3.63) is 0 Å². The fraction of sp³-hybridized carbons (Fsp3) is 1.00. The van der Waals surface area contributed by atoms with Gasteiger partial charge in [0, 0.05) is 19.8 Å². The highest BCUT2D eigenvalue weighted by molar-refractivity contribution is 4.49. The summed E-state index contributed by atoms with van der Waals surface area (Å²) in [6, 6.07) is 0. The van der Waals surface area contributed by atoms with Crippen molar-refractivity contribution in [2.24, 2.45) is 0 Å². The summed E-state index contributed by atoms with van der Waals surface area (Å²) in [7, 11) is 4.32. The zero-order valence-corrected chi connectivity index (χ0v) is 15.9. The van der Waals surface area contributed by atoms with Gasteiger partial charge in [-0.1, -0.05) is 64.7 Å². The maximum Gasteiger partial charge on any atom is 0.0487 e. The Labute approximate surface area is 140 Å². The lowest BCUT2D eigenvalue weighted by Crippen LogP contribution is -2.12. The Morgan fingerprint density at radius 1 is 0.727 bits per heavy atom. The Bertz CT molecular complexity index is 171. The van der Waals surface area contributed by atoms with E-state index in [0.717, 1.165) is 13.0 Å². The number of hydrogen-bond acceptors (Lipinski definition) is 3. The highest BCUT2D eigenvalue weighted by Crippen LogP contribution is 2.10. The lowest BCUT2D eigenvalue weighted by molar-refractivity contribution is 0.127. The average molecular weight is 318 g/mol. The first-order valence-electron chi connectivity index (χ1n) is 9.52. The van der Waals surface area contributed by atoms with E-state index in [0.29, 0.717) is 6.61 Å². The van der Waals surface area contributed by atoms with Gasteiger partial charge in [-0.15, -0.1) is 0 Å². The molecule has 0 unspecified atom stereocenters. The molecule has 0 saturated carbocycles. The number of hydrogen-bond donors (Lipinski definition) is 1. The number of aliphatic hydroxyl groups excluding tert-OH is 1. The fourth-order valence-corrected chi connectivity index (χ4v) is 2.23. The monoisotopic (exact) mass is 317 g/mol. The molecule has 0 atom stereocenters. The number of rotatable bonds is 15. The molecular formula is C19H43NO2. The highest BCUT2D eigenvalue weighted by atomic mass is 16.5. The van der Waals surface area contributed by atoms with E-state index in [-0.39, 0.29) is 6.61 Å². The standard InChI is InChI=1S/C14H31N.C5H12O2/c1-4-5-6-7-8-9-10-11-12-13-14-15(2)3;1-2-7-5-3-4-6/h4-14H2,1-3H3;6H,2-5H2,1H3. The predicted molar refractivity (Wildman–Crippen MR) is 98.6 cm³/mol. The van der Waals surface area contributed by atoms with Gasteiger partial charge >= 0.3 is 0 Å². The molecule has 1 N–H and O–H groups in total. The van der Waals surface area contributed by atoms with E-state index >= 15 is 0 Å². The molecule has 0 aromatic carbocycles. The Kier molecular flexibility index (Phi) is 25.4. The zero-order chi connectivity index (χ0) is 16.9. The van der Waals surface area contributed by atoms with Crippen LogP contribution >= 0.6 is 0 Å². The van der Waals surface area contributed by atoms with Crippen molar-refractivity contribution in [3.8, 4) is 0 Å². The summed E-state index contributed by atoms with van der Waals surface area (Å²) in [6.07, 6.45) is 15.1. The molecule has 0 aromatic heterocycles. The van der Waals surface area contributed by atoms with Gasteiger partial charge in [-0.2, -0.15) is 0 Å². The Hall–Kier alpha value is -0.120. The zero-order valence-electron chi connectivity index (χ0n) is 15.9. The predicted octanol–water partition coefficient (Wildman–Crippen LogP) is 4.87. The summed E-state index contributed by atoms with van der Waals surface area (Å²) in [5, 5.41) is 8.21. The maximum absolute atomic E-state index is 8.21. The molecule has 0 bridgehead atoms. The van der Waals surface area contributed by atoms with Crippen LogP contribution in [0.2, 0.25) is 0 Å². The van der Waals surface area contributed by atoms with Gasteiger partial charge in [-0.3, -0.25) is 0 Å². The summed E-state index contributed by atoms with van der Waals surface area (Å²) < 4.78 is 4.91. The quantitative estimate of drug-likeness (QED) is 0.437. The third-order valence-corrected chi connectivity index (χ3v) is 3.61. The summed E-state index contributed by atoms with van der Waals surface area (Å²) in [5.74, 6) is 0. The van der Waals surface area contributed by atoms with Crippen LogP contribution in [0.5, 0.6) is 0 Å². The molecule has 136 valence electrons. The normalized spacial score (nSPS) is 10.6. The van der Waals surface area contributed by atoms with Crippen molar-refractivity contribution in [1.29, 1.82) is 0 Å². The second kappa shape index (κ2) is 23.2. The van der Waals surface area contributed by atoms with Crippen LogP contribution in [0.4, 0.5) is 0 Å². The van der Waals surface area contributed by atoms with Crippen molar-refractivity contribution in [1.82, 2.24) is 4.90 Å². The third kappa shape index (κ3) is 28.1. The molecule has 0 amide bonds. The average Bonchev–Trinajstić information content (AvgIpc) is 2.50. The van der Waals surface area contributed by atoms with Crippen LogP contribution in [0.15, 0.2) is 0 Å². The molecule has 0 aliphatic rings. The Morgan fingerprint density at radius 2 is 1.23 bits per heavy atom. The van der Waals surface area contributed by atoms with Gasteiger partial charge in [0.15, 0.2) is 0 Å². The smallest absolute Gasteiger partial charge is 0.0487 e. The Balaban J connectivity index is 0. The molecule has 0 aromatic rings.